The Kier molecular flexibility index (Phi) is 2.42. The highest BCUT2D eigenvalue weighted by atomic mass is 16.4. The number of carbonyl (C=O) groups is 1. The molecule has 0 aliphatic heterocycles. The monoisotopic (exact) mass is 171 g/mol. The SMILES string of the molecule is CC1CCC(C)(CC(=O)O)C1N. The molecule has 0 spiro atoms. The first-order valence-electron chi connectivity index (χ1n) is 4.43. The highest BCUT2D eigenvalue weighted by molar-refractivity contribution is 5.67. The second kappa shape index (κ2) is 3.05. The lowest BCUT2D eigenvalue weighted by Crippen LogP contribution is -2.39. The normalized spacial score (nSPS) is 41.6. The van der Waals surface area contributed by atoms with Crippen LogP contribution in [0.3, 0.4) is 0 Å². The Hall–Kier alpha value is -0.570. The lowest BCUT2D eigenvalue weighted by Gasteiger charge is -2.28. The molecule has 3 atom stereocenters. The van der Waals surface area contributed by atoms with Crippen molar-refractivity contribution in [2.24, 2.45) is 17.1 Å². The Morgan fingerprint density at radius 1 is 1.75 bits per heavy atom. The molecule has 12 heavy (non-hydrogen) atoms. The topological polar surface area (TPSA) is 63.3 Å². The quantitative estimate of drug-likeness (QED) is 0.656. The van der Waals surface area contributed by atoms with Crippen molar-refractivity contribution in [1.29, 1.82) is 0 Å². The van der Waals surface area contributed by atoms with Gasteiger partial charge in [-0.05, 0) is 24.2 Å². The zero-order valence-electron chi connectivity index (χ0n) is 7.71. The molecule has 3 unspecified atom stereocenters. The van der Waals surface area contributed by atoms with Crippen LogP contribution >= 0.6 is 0 Å². The van der Waals surface area contributed by atoms with Crippen molar-refractivity contribution in [3.63, 3.8) is 0 Å². The van der Waals surface area contributed by atoms with E-state index in [1.807, 2.05) is 6.92 Å². The summed E-state index contributed by atoms with van der Waals surface area (Å²) in [7, 11) is 0. The van der Waals surface area contributed by atoms with Crippen molar-refractivity contribution in [1.82, 2.24) is 0 Å². The number of hydrogen-bond acceptors (Lipinski definition) is 2. The van der Waals surface area contributed by atoms with Gasteiger partial charge < -0.3 is 10.8 Å². The summed E-state index contributed by atoms with van der Waals surface area (Å²) in [6.07, 6.45) is 2.21. The van der Waals surface area contributed by atoms with Crippen LogP contribution in [0.2, 0.25) is 0 Å². The molecule has 0 amide bonds. The first-order valence-corrected chi connectivity index (χ1v) is 4.43. The van der Waals surface area contributed by atoms with Gasteiger partial charge in [0, 0.05) is 6.04 Å². The Morgan fingerprint density at radius 2 is 2.33 bits per heavy atom. The summed E-state index contributed by atoms with van der Waals surface area (Å²) >= 11 is 0. The lowest BCUT2D eigenvalue weighted by atomic mass is 9.80. The van der Waals surface area contributed by atoms with Gasteiger partial charge in [-0.15, -0.1) is 0 Å². The van der Waals surface area contributed by atoms with E-state index in [0.717, 1.165) is 12.8 Å². The highest BCUT2D eigenvalue weighted by Gasteiger charge is 2.42. The van der Waals surface area contributed by atoms with Gasteiger partial charge in [-0.25, -0.2) is 0 Å². The van der Waals surface area contributed by atoms with Crippen molar-refractivity contribution in [2.45, 2.75) is 39.2 Å². The van der Waals surface area contributed by atoms with E-state index in [0.29, 0.717) is 5.92 Å². The minimum atomic E-state index is -0.734. The number of carboxylic acids is 1. The number of hydrogen-bond donors (Lipinski definition) is 2. The summed E-state index contributed by atoms with van der Waals surface area (Å²) < 4.78 is 0. The second-order valence-electron chi connectivity index (χ2n) is 4.27. The van der Waals surface area contributed by atoms with Gasteiger partial charge >= 0.3 is 5.97 Å². The number of rotatable bonds is 2. The molecule has 0 bridgehead atoms. The molecule has 0 heterocycles. The Balaban J connectivity index is 2.65. The molecule has 3 nitrogen and oxygen atoms in total. The van der Waals surface area contributed by atoms with Gasteiger partial charge in [0.15, 0.2) is 0 Å². The fraction of sp³-hybridized carbons (Fsp3) is 0.889. The van der Waals surface area contributed by atoms with Crippen molar-refractivity contribution in [3.05, 3.63) is 0 Å². The Labute approximate surface area is 72.9 Å². The summed E-state index contributed by atoms with van der Waals surface area (Å²) in [6.45, 7) is 4.08. The van der Waals surface area contributed by atoms with E-state index >= 15 is 0 Å². The fourth-order valence-corrected chi connectivity index (χ4v) is 2.14. The summed E-state index contributed by atoms with van der Waals surface area (Å²) in [5.41, 5.74) is 5.77. The van der Waals surface area contributed by atoms with Gasteiger partial charge in [0.1, 0.15) is 0 Å². The van der Waals surface area contributed by atoms with Crippen molar-refractivity contribution in [3.8, 4) is 0 Å². The maximum absolute atomic E-state index is 10.6. The third kappa shape index (κ3) is 1.61. The predicted octanol–water partition coefficient (Wildman–Crippen LogP) is 1.22. The molecule has 70 valence electrons. The van der Waals surface area contributed by atoms with Crippen molar-refractivity contribution in [2.75, 3.05) is 0 Å². The van der Waals surface area contributed by atoms with Crippen molar-refractivity contribution >= 4 is 5.97 Å². The first kappa shape index (κ1) is 9.52. The number of nitrogens with two attached hydrogens (primary N) is 1. The Morgan fingerprint density at radius 3 is 2.67 bits per heavy atom. The number of carboxylic acid groups (broad SMARTS) is 1. The number of aliphatic carboxylic acids is 1. The smallest absolute Gasteiger partial charge is 0.303 e. The van der Waals surface area contributed by atoms with Crippen LogP contribution in [0, 0.1) is 11.3 Å². The van der Waals surface area contributed by atoms with Crippen LogP contribution in [-0.2, 0) is 4.79 Å². The molecule has 1 rings (SSSR count). The van der Waals surface area contributed by atoms with Crippen LogP contribution in [0.1, 0.15) is 33.1 Å². The van der Waals surface area contributed by atoms with Gasteiger partial charge in [-0.2, -0.15) is 0 Å². The lowest BCUT2D eigenvalue weighted by molar-refractivity contribution is -0.139. The molecular weight excluding hydrogens is 154 g/mol. The predicted molar refractivity (Wildman–Crippen MR) is 46.7 cm³/mol. The van der Waals surface area contributed by atoms with E-state index in [4.69, 9.17) is 10.8 Å². The van der Waals surface area contributed by atoms with E-state index in [1.54, 1.807) is 0 Å². The van der Waals surface area contributed by atoms with Gasteiger partial charge in [0.05, 0.1) is 6.42 Å². The molecule has 1 aliphatic rings. The highest BCUT2D eigenvalue weighted by Crippen LogP contribution is 2.42. The van der Waals surface area contributed by atoms with Crippen LogP contribution < -0.4 is 5.73 Å². The molecule has 3 heteroatoms. The molecule has 0 aromatic heterocycles. The van der Waals surface area contributed by atoms with Crippen molar-refractivity contribution < 1.29 is 9.90 Å². The summed E-state index contributed by atoms with van der Waals surface area (Å²) in [6, 6.07) is 0.0496. The molecule has 1 saturated carbocycles. The van der Waals surface area contributed by atoms with E-state index in [9.17, 15) is 4.79 Å². The molecule has 1 fully saturated rings. The average Bonchev–Trinajstić information content (AvgIpc) is 2.16. The van der Waals surface area contributed by atoms with Gasteiger partial charge in [-0.1, -0.05) is 13.8 Å². The minimum absolute atomic E-state index is 0.0496. The zero-order valence-corrected chi connectivity index (χ0v) is 7.71. The summed E-state index contributed by atoms with van der Waals surface area (Å²) in [4.78, 5) is 10.6. The molecule has 0 saturated heterocycles. The zero-order chi connectivity index (χ0) is 9.35. The standard InChI is InChI=1S/C9H17NO2/c1-6-3-4-9(2,8(6)10)5-7(11)12/h6,8H,3-5,10H2,1-2H3,(H,11,12). The molecule has 0 aromatic carbocycles. The van der Waals surface area contributed by atoms with Crippen LogP contribution in [0.5, 0.6) is 0 Å². The van der Waals surface area contributed by atoms with Gasteiger partial charge in [0.2, 0.25) is 0 Å². The molecule has 1 aliphatic carbocycles. The van der Waals surface area contributed by atoms with E-state index in [1.165, 1.54) is 0 Å². The largest absolute Gasteiger partial charge is 0.481 e. The molecule has 3 N–H and O–H groups in total. The fourth-order valence-electron chi connectivity index (χ4n) is 2.14. The van der Waals surface area contributed by atoms with Crippen LogP contribution in [0.25, 0.3) is 0 Å². The Bertz CT molecular complexity index is 193. The van der Waals surface area contributed by atoms with Gasteiger partial charge in [-0.3, -0.25) is 4.79 Å². The average molecular weight is 171 g/mol. The van der Waals surface area contributed by atoms with Gasteiger partial charge in [0.25, 0.3) is 0 Å². The summed E-state index contributed by atoms with van der Waals surface area (Å²) in [5.74, 6) is -0.267. The third-order valence-corrected chi connectivity index (χ3v) is 3.14. The third-order valence-electron chi connectivity index (χ3n) is 3.14. The summed E-state index contributed by atoms with van der Waals surface area (Å²) in [5, 5.41) is 8.69. The van der Waals surface area contributed by atoms with Crippen LogP contribution in [-0.4, -0.2) is 17.1 Å². The maximum atomic E-state index is 10.6. The van der Waals surface area contributed by atoms with E-state index in [2.05, 4.69) is 6.92 Å². The maximum Gasteiger partial charge on any atom is 0.303 e. The molecular formula is C9H17NO2. The van der Waals surface area contributed by atoms with E-state index < -0.39 is 5.97 Å². The van der Waals surface area contributed by atoms with E-state index in [-0.39, 0.29) is 17.9 Å². The van der Waals surface area contributed by atoms with Crippen LogP contribution in [0.4, 0.5) is 0 Å². The minimum Gasteiger partial charge on any atom is -0.481 e. The first-order chi connectivity index (χ1) is 5.46. The second-order valence-corrected chi connectivity index (χ2v) is 4.27. The molecule has 0 aromatic rings. The van der Waals surface area contributed by atoms with Crippen LogP contribution in [0.15, 0.2) is 0 Å². The molecule has 0 radical (unpaired) electrons.